The average molecular weight is 431 g/mol. The van der Waals surface area contributed by atoms with Crippen molar-refractivity contribution in [3.63, 3.8) is 0 Å². The molecule has 6 nitrogen and oxygen atoms in total. The first kappa shape index (κ1) is 20.1. The molecular formula is C20H16F3N5OS. The lowest BCUT2D eigenvalue weighted by Gasteiger charge is -2.09. The van der Waals surface area contributed by atoms with Gasteiger partial charge >= 0.3 is 6.18 Å². The first-order chi connectivity index (χ1) is 14.2. The highest BCUT2D eigenvalue weighted by molar-refractivity contribution is 7.99. The summed E-state index contributed by atoms with van der Waals surface area (Å²) in [7, 11) is 0. The van der Waals surface area contributed by atoms with Crippen LogP contribution in [0.3, 0.4) is 0 Å². The van der Waals surface area contributed by atoms with E-state index >= 15 is 0 Å². The van der Waals surface area contributed by atoms with E-state index in [0.717, 1.165) is 45.9 Å². The zero-order chi connectivity index (χ0) is 21.5. The van der Waals surface area contributed by atoms with Crippen LogP contribution in [0.1, 0.15) is 16.7 Å². The van der Waals surface area contributed by atoms with E-state index in [1.165, 1.54) is 12.1 Å². The number of hydrogen-bond donors (Lipinski definition) is 2. The van der Waals surface area contributed by atoms with Gasteiger partial charge < -0.3 is 10.3 Å². The molecule has 2 N–H and O–H groups in total. The van der Waals surface area contributed by atoms with E-state index in [0.29, 0.717) is 16.3 Å². The van der Waals surface area contributed by atoms with Gasteiger partial charge in [0.1, 0.15) is 5.52 Å². The molecule has 10 heteroatoms. The fourth-order valence-electron chi connectivity index (χ4n) is 3.18. The van der Waals surface area contributed by atoms with Crippen LogP contribution in [0, 0.1) is 13.8 Å². The molecule has 0 atom stereocenters. The Morgan fingerprint density at radius 3 is 2.73 bits per heavy atom. The van der Waals surface area contributed by atoms with Crippen LogP contribution in [0.25, 0.3) is 22.1 Å². The molecule has 0 radical (unpaired) electrons. The van der Waals surface area contributed by atoms with Crippen molar-refractivity contribution >= 4 is 45.4 Å². The van der Waals surface area contributed by atoms with E-state index in [1.807, 2.05) is 19.9 Å². The second-order valence-electron chi connectivity index (χ2n) is 6.84. The third-order valence-corrected chi connectivity index (χ3v) is 5.29. The third-order valence-electron chi connectivity index (χ3n) is 4.45. The van der Waals surface area contributed by atoms with Gasteiger partial charge in [0.05, 0.1) is 16.8 Å². The van der Waals surface area contributed by atoms with Crippen LogP contribution in [0.15, 0.2) is 41.6 Å². The summed E-state index contributed by atoms with van der Waals surface area (Å²) in [4.78, 5) is 19.8. The number of aromatic amines is 1. The molecule has 0 fully saturated rings. The predicted octanol–water partition coefficient (Wildman–Crippen LogP) is 4.87. The second-order valence-corrected chi connectivity index (χ2v) is 7.78. The van der Waals surface area contributed by atoms with Gasteiger partial charge in [-0.05, 0) is 43.7 Å². The van der Waals surface area contributed by atoms with Crippen LogP contribution in [0.2, 0.25) is 0 Å². The molecule has 4 aromatic rings. The summed E-state index contributed by atoms with van der Waals surface area (Å²) in [5, 5.41) is 12.0. The second kappa shape index (κ2) is 7.60. The number of nitrogens with zero attached hydrogens (tertiary/aromatic N) is 3. The average Bonchev–Trinajstić information content (AvgIpc) is 3.04. The fourth-order valence-corrected chi connectivity index (χ4v) is 3.77. The van der Waals surface area contributed by atoms with Crippen molar-refractivity contribution in [1.29, 1.82) is 0 Å². The van der Waals surface area contributed by atoms with E-state index in [1.54, 1.807) is 0 Å². The SMILES string of the molecule is Cc1cc(C)c2[nH]c3nc(SCC(=O)Nc4cccc(C(F)(F)F)c4)nnc3c2c1. The van der Waals surface area contributed by atoms with Crippen LogP contribution in [0.5, 0.6) is 0 Å². The number of aryl methyl sites for hydroxylation is 2. The van der Waals surface area contributed by atoms with E-state index in [9.17, 15) is 18.0 Å². The first-order valence-corrected chi connectivity index (χ1v) is 9.92. The molecule has 0 aliphatic heterocycles. The Bertz CT molecular complexity index is 1270. The number of amides is 1. The van der Waals surface area contributed by atoms with Gasteiger partial charge in [0.2, 0.25) is 11.1 Å². The molecule has 0 aliphatic rings. The number of hydrogen-bond acceptors (Lipinski definition) is 5. The Kier molecular flexibility index (Phi) is 5.10. The molecule has 2 aromatic heterocycles. The van der Waals surface area contributed by atoms with Crippen molar-refractivity contribution in [2.45, 2.75) is 25.2 Å². The van der Waals surface area contributed by atoms with E-state index in [-0.39, 0.29) is 11.4 Å². The molecular weight excluding hydrogens is 415 g/mol. The highest BCUT2D eigenvalue weighted by Gasteiger charge is 2.30. The normalized spacial score (nSPS) is 11.9. The van der Waals surface area contributed by atoms with Crippen molar-refractivity contribution in [3.8, 4) is 0 Å². The molecule has 0 saturated carbocycles. The van der Waals surface area contributed by atoms with Gasteiger partial charge in [0.15, 0.2) is 5.65 Å². The number of nitrogens with one attached hydrogen (secondary N) is 2. The molecule has 30 heavy (non-hydrogen) atoms. The van der Waals surface area contributed by atoms with E-state index < -0.39 is 17.6 Å². The highest BCUT2D eigenvalue weighted by atomic mass is 32.2. The van der Waals surface area contributed by atoms with Crippen LogP contribution < -0.4 is 5.32 Å². The lowest BCUT2D eigenvalue weighted by Crippen LogP contribution is -2.15. The zero-order valence-corrected chi connectivity index (χ0v) is 16.8. The number of fused-ring (bicyclic) bond motifs is 3. The summed E-state index contributed by atoms with van der Waals surface area (Å²) in [5.74, 6) is -0.534. The number of alkyl halides is 3. The number of rotatable bonds is 4. The molecule has 2 aromatic carbocycles. The molecule has 0 spiro atoms. The maximum atomic E-state index is 12.8. The third kappa shape index (κ3) is 4.09. The van der Waals surface area contributed by atoms with Crippen LogP contribution in [-0.4, -0.2) is 31.8 Å². The Balaban J connectivity index is 1.48. The Morgan fingerprint density at radius 1 is 1.17 bits per heavy atom. The van der Waals surface area contributed by atoms with Gasteiger partial charge in [-0.25, -0.2) is 4.98 Å². The number of carbonyl (C=O) groups excluding carboxylic acids is 1. The van der Waals surface area contributed by atoms with Gasteiger partial charge in [0, 0.05) is 11.1 Å². The Morgan fingerprint density at radius 2 is 1.97 bits per heavy atom. The van der Waals surface area contributed by atoms with Crippen LogP contribution >= 0.6 is 11.8 Å². The standard InChI is InChI=1S/C20H16F3N5OS/c1-10-6-11(2)16-14(7-10)17-18(25-16)26-19(28-27-17)30-9-15(29)24-13-5-3-4-12(8-13)20(21,22)23/h3-8H,9H2,1-2H3,(H,24,29)(H,25,26,28). The minimum Gasteiger partial charge on any atom is -0.337 e. The summed E-state index contributed by atoms with van der Waals surface area (Å²) >= 11 is 1.05. The number of H-pyrrole nitrogens is 1. The van der Waals surface area contributed by atoms with Crippen LogP contribution in [0.4, 0.5) is 18.9 Å². The molecule has 1 amide bonds. The predicted molar refractivity (Wildman–Crippen MR) is 109 cm³/mol. The number of carbonyl (C=O) groups is 1. The number of anilines is 1. The lowest BCUT2D eigenvalue weighted by molar-refractivity contribution is -0.137. The van der Waals surface area contributed by atoms with Crippen molar-refractivity contribution in [3.05, 3.63) is 53.1 Å². The van der Waals surface area contributed by atoms with Gasteiger partial charge in [-0.15, -0.1) is 10.2 Å². The van der Waals surface area contributed by atoms with Crippen molar-refractivity contribution in [2.75, 3.05) is 11.1 Å². The Hall–Kier alpha value is -3.14. The van der Waals surface area contributed by atoms with E-state index in [2.05, 4.69) is 31.5 Å². The number of thioether (sulfide) groups is 1. The van der Waals surface area contributed by atoms with Gasteiger partial charge in [-0.1, -0.05) is 29.5 Å². The molecule has 4 rings (SSSR count). The smallest absolute Gasteiger partial charge is 0.337 e. The lowest BCUT2D eigenvalue weighted by atomic mass is 10.1. The van der Waals surface area contributed by atoms with Crippen molar-refractivity contribution < 1.29 is 18.0 Å². The molecule has 154 valence electrons. The summed E-state index contributed by atoms with van der Waals surface area (Å²) < 4.78 is 38.3. The molecule has 2 heterocycles. The van der Waals surface area contributed by atoms with Gasteiger partial charge in [0.25, 0.3) is 0 Å². The highest BCUT2D eigenvalue weighted by Crippen LogP contribution is 2.31. The molecule has 0 unspecified atom stereocenters. The van der Waals surface area contributed by atoms with Gasteiger partial charge in [-0.2, -0.15) is 13.2 Å². The number of halogens is 3. The maximum Gasteiger partial charge on any atom is 0.416 e. The topological polar surface area (TPSA) is 83.6 Å². The van der Waals surface area contributed by atoms with Crippen molar-refractivity contribution in [2.24, 2.45) is 0 Å². The van der Waals surface area contributed by atoms with E-state index in [4.69, 9.17) is 0 Å². The maximum absolute atomic E-state index is 12.8. The minimum absolute atomic E-state index is 0.0677. The zero-order valence-electron chi connectivity index (χ0n) is 16.0. The largest absolute Gasteiger partial charge is 0.416 e. The van der Waals surface area contributed by atoms with Crippen LogP contribution in [-0.2, 0) is 11.0 Å². The van der Waals surface area contributed by atoms with Gasteiger partial charge in [-0.3, -0.25) is 4.79 Å². The quantitative estimate of drug-likeness (QED) is 0.451. The summed E-state index contributed by atoms with van der Waals surface area (Å²) in [6.45, 7) is 3.99. The molecule has 0 saturated heterocycles. The minimum atomic E-state index is -4.47. The molecule has 0 aliphatic carbocycles. The Labute approximate surface area is 173 Å². The molecule has 0 bridgehead atoms. The number of benzene rings is 2. The summed E-state index contributed by atoms with van der Waals surface area (Å²) in [6.07, 6.45) is -4.47. The number of aromatic nitrogens is 4. The first-order valence-electron chi connectivity index (χ1n) is 8.94. The monoisotopic (exact) mass is 431 g/mol. The van der Waals surface area contributed by atoms with Crippen molar-refractivity contribution in [1.82, 2.24) is 20.2 Å². The summed E-state index contributed by atoms with van der Waals surface area (Å²) in [5.41, 5.74) is 3.57. The summed E-state index contributed by atoms with van der Waals surface area (Å²) in [6, 6.07) is 8.54. The fraction of sp³-hybridized carbons (Fsp3) is 0.200.